The van der Waals surface area contributed by atoms with Crippen LogP contribution < -0.4 is 0 Å². The Hall–Kier alpha value is -2.30. The molecule has 0 spiro atoms. The van der Waals surface area contributed by atoms with Crippen LogP contribution in [0.3, 0.4) is 0 Å². The third-order valence-electron chi connectivity index (χ3n) is 2.34. The van der Waals surface area contributed by atoms with Crippen LogP contribution in [-0.2, 0) is 14.3 Å². The predicted octanol–water partition coefficient (Wildman–Crippen LogP) is 2.57. The summed E-state index contributed by atoms with van der Waals surface area (Å²) in [5, 5.41) is 17.3. The number of carbonyl (C=O) groups is 2. The van der Waals surface area contributed by atoms with Crippen LogP contribution in [0.15, 0.2) is 35.9 Å². The normalized spacial score (nSPS) is 10.2. The molecular weight excluding hydrogens is 260 g/mol. The molecule has 20 heavy (non-hydrogen) atoms. The molecule has 2 N–H and O–H groups in total. The van der Waals surface area contributed by atoms with Gasteiger partial charge in [-0.2, -0.15) is 0 Å². The van der Waals surface area contributed by atoms with Crippen LogP contribution in [0.4, 0.5) is 0 Å². The van der Waals surface area contributed by atoms with Gasteiger partial charge in [-0.15, -0.1) is 0 Å². The molecule has 1 aromatic carbocycles. The van der Waals surface area contributed by atoms with Crippen molar-refractivity contribution in [2.24, 2.45) is 0 Å². The molecular formula is C15H20O5. The fourth-order valence-corrected chi connectivity index (χ4v) is 1.03. The van der Waals surface area contributed by atoms with Gasteiger partial charge in [-0.3, -0.25) is 0 Å². The summed E-state index contributed by atoms with van der Waals surface area (Å²) in [7, 11) is 0. The average Bonchev–Trinajstić information content (AvgIpc) is 2.46. The van der Waals surface area contributed by atoms with Gasteiger partial charge in [0.05, 0.1) is 6.61 Å². The Balaban J connectivity index is 0.000000388. The van der Waals surface area contributed by atoms with E-state index in [1.54, 1.807) is 32.1 Å². The molecule has 110 valence electrons. The molecule has 0 bridgehead atoms. The summed E-state index contributed by atoms with van der Waals surface area (Å²) < 4.78 is 4.83. The highest BCUT2D eigenvalue weighted by Crippen LogP contribution is 2.21. The minimum atomic E-state index is -0.302. The van der Waals surface area contributed by atoms with Crippen molar-refractivity contribution in [2.45, 2.75) is 26.7 Å². The van der Waals surface area contributed by atoms with Gasteiger partial charge in [0, 0.05) is 12.0 Å². The van der Waals surface area contributed by atoms with E-state index in [2.05, 4.69) is 0 Å². The molecule has 0 radical (unpaired) electrons. The van der Waals surface area contributed by atoms with Gasteiger partial charge in [-0.1, -0.05) is 18.2 Å². The zero-order valence-electron chi connectivity index (χ0n) is 11.7. The third-order valence-corrected chi connectivity index (χ3v) is 2.34. The van der Waals surface area contributed by atoms with E-state index in [0.29, 0.717) is 25.0 Å². The molecule has 0 atom stereocenters. The summed E-state index contributed by atoms with van der Waals surface area (Å²) in [6.07, 6.45) is 3.56. The molecule has 0 unspecified atom stereocenters. The predicted molar refractivity (Wildman–Crippen MR) is 75.5 cm³/mol. The maximum atomic E-state index is 11.0. The Morgan fingerprint density at radius 1 is 1.25 bits per heavy atom. The van der Waals surface area contributed by atoms with Crippen molar-refractivity contribution >= 4 is 12.3 Å². The first-order chi connectivity index (χ1) is 9.52. The Morgan fingerprint density at radius 2 is 1.80 bits per heavy atom. The third kappa shape index (κ3) is 7.92. The molecule has 0 saturated carbocycles. The number of allylic oxidation sites excluding steroid dienone is 1. The summed E-state index contributed by atoms with van der Waals surface area (Å²) in [4.78, 5) is 20.8. The fourth-order valence-electron chi connectivity index (χ4n) is 1.03. The van der Waals surface area contributed by atoms with Crippen LogP contribution in [0.1, 0.15) is 26.7 Å². The van der Waals surface area contributed by atoms with Crippen molar-refractivity contribution in [3.63, 3.8) is 0 Å². The number of hydrogen-bond acceptors (Lipinski definition) is 5. The van der Waals surface area contributed by atoms with Gasteiger partial charge in [0.15, 0.2) is 11.5 Å². The van der Waals surface area contributed by atoms with E-state index in [0.717, 1.165) is 6.29 Å². The maximum Gasteiger partial charge on any atom is 0.333 e. The van der Waals surface area contributed by atoms with Crippen LogP contribution in [-0.4, -0.2) is 29.1 Å². The van der Waals surface area contributed by atoms with E-state index < -0.39 is 0 Å². The standard InChI is InChI=1S/C9H14O3.C6H6O2/c1-3-8(2)9(11)12-7-5-4-6-10;7-5-3-1-2-4-6(5)8/h3,6H,4-5,7H2,1-2H3;1-4,7-8H. The second kappa shape index (κ2) is 10.6. The quantitative estimate of drug-likeness (QED) is 0.285. The molecule has 0 aliphatic heterocycles. The summed E-state index contributed by atoms with van der Waals surface area (Å²) >= 11 is 0. The summed E-state index contributed by atoms with van der Waals surface area (Å²) in [5.41, 5.74) is 0.598. The van der Waals surface area contributed by atoms with Gasteiger partial charge in [-0.25, -0.2) is 4.79 Å². The van der Waals surface area contributed by atoms with E-state index in [1.807, 2.05) is 0 Å². The van der Waals surface area contributed by atoms with Crippen molar-refractivity contribution in [1.29, 1.82) is 0 Å². The highest BCUT2D eigenvalue weighted by Gasteiger charge is 2.02. The number of esters is 1. The fraction of sp³-hybridized carbons (Fsp3) is 0.333. The molecule has 0 aromatic heterocycles. The van der Waals surface area contributed by atoms with Crippen molar-refractivity contribution < 1.29 is 24.5 Å². The summed E-state index contributed by atoms with van der Waals surface area (Å²) in [6.45, 7) is 3.80. The first-order valence-electron chi connectivity index (χ1n) is 6.23. The van der Waals surface area contributed by atoms with Crippen molar-refractivity contribution in [1.82, 2.24) is 0 Å². The van der Waals surface area contributed by atoms with Crippen molar-refractivity contribution in [3.05, 3.63) is 35.9 Å². The largest absolute Gasteiger partial charge is 0.504 e. The van der Waals surface area contributed by atoms with E-state index in [4.69, 9.17) is 14.9 Å². The zero-order chi connectivity index (χ0) is 15.4. The Morgan fingerprint density at radius 3 is 2.20 bits per heavy atom. The number of benzene rings is 1. The number of para-hydroxylation sites is 2. The maximum absolute atomic E-state index is 11.0. The highest BCUT2D eigenvalue weighted by atomic mass is 16.5. The van der Waals surface area contributed by atoms with E-state index in [1.165, 1.54) is 12.1 Å². The van der Waals surface area contributed by atoms with Gasteiger partial charge in [-0.05, 0) is 32.4 Å². The molecule has 0 amide bonds. The lowest BCUT2D eigenvalue weighted by Gasteiger charge is -2.01. The van der Waals surface area contributed by atoms with Gasteiger partial charge in [0.25, 0.3) is 0 Å². The lowest BCUT2D eigenvalue weighted by atomic mass is 10.3. The van der Waals surface area contributed by atoms with Gasteiger partial charge in [0.1, 0.15) is 6.29 Å². The molecule has 0 fully saturated rings. The zero-order valence-corrected chi connectivity index (χ0v) is 11.7. The Kier molecular flexibility index (Phi) is 9.39. The number of phenolic OH excluding ortho intramolecular Hbond substituents is 2. The number of aldehydes is 1. The molecule has 0 heterocycles. The van der Waals surface area contributed by atoms with E-state index in [-0.39, 0.29) is 17.5 Å². The number of ether oxygens (including phenoxy) is 1. The molecule has 1 aromatic rings. The second-order valence-electron chi connectivity index (χ2n) is 3.91. The van der Waals surface area contributed by atoms with Crippen LogP contribution >= 0.6 is 0 Å². The molecule has 5 heteroatoms. The number of unbranched alkanes of at least 4 members (excludes halogenated alkanes) is 1. The van der Waals surface area contributed by atoms with Crippen molar-refractivity contribution in [2.75, 3.05) is 6.61 Å². The number of rotatable bonds is 5. The van der Waals surface area contributed by atoms with Gasteiger partial charge >= 0.3 is 5.97 Å². The van der Waals surface area contributed by atoms with Crippen LogP contribution in [0.25, 0.3) is 0 Å². The van der Waals surface area contributed by atoms with E-state index >= 15 is 0 Å². The first kappa shape index (κ1) is 17.7. The minimum Gasteiger partial charge on any atom is -0.504 e. The van der Waals surface area contributed by atoms with E-state index in [9.17, 15) is 9.59 Å². The lowest BCUT2D eigenvalue weighted by molar-refractivity contribution is -0.139. The SMILES string of the molecule is CC=C(C)C(=O)OCCCC=O.Oc1ccccc1O. The topological polar surface area (TPSA) is 83.8 Å². The average molecular weight is 280 g/mol. The van der Waals surface area contributed by atoms with Crippen molar-refractivity contribution in [3.8, 4) is 11.5 Å². The molecule has 1 rings (SSSR count). The molecule has 0 saturated heterocycles. The number of phenols is 2. The lowest BCUT2D eigenvalue weighted by Crippen LogP contribution is -2.06. The monoisotopic (exact) mass is 280 g/mol. The number of aromatic hydroxyl groups is 2. The van der Waals surface area contributed by atoms with Crippen LogP contribution in [0.2, 0.25) is 0 Å². The van der Waals surface area contributed by atoms with Gasteiger partial charge < -0.3 is 19.7 Å². The number of hydrogen-bond donors (Lipinski definition) is 2. The number of carbonyl (C=O) groups excluding carboxylic acids is 2. The highest BCUT2D eigenvalue weighted by molar-refractivity contribution is 5.87. The molecule has 5 nitrogen and oxygen atoms in total. The molecule has 0 aliphatic carbocycles. The molecule has 0 aliphatic rings. The van der Waals surface area contributed by atoms with Gasteiger partial charge in [0.2, 0.25) is 0 Å². The Labute approximate surface area is 118 Å². The minimum absolute atomic E-state index is 0.0764. The van der Waals surface area contributed by atoms with Crippen LogP contribution in [0, 0.1) is 0 Å². The first-order valence-corrected chi connectivity index (χ1v) is 6.23. The van der Waals surface area contributed by atoms with Crippen LogP contribution in [0.5, 0.6) is 11.5 Å². The second-order valence-corrected chi connectivity index (χ2v) is 3.91. The Bertz CT molecular complexity index is 430. The summed E-state index contributed by atoms with van der Waals surface area (Å²) in [5.74, 6) is -0.455. The smallest absolute Gasteiger partial charge is 0.333 e. The summed E-state index contributed by atoms with van der Waals surface area (Å²) in [6, 6.07) is 6.15.